The first kappa shape index (κ1) is 20.9. The number of nitriles is 1. The van der Waals surface area contributed by atoms with E-state index in [0.29, 0.717) is 12.3 Å². The summed E-state index contributed by atoms with van der Waals surface area (Å²) in [5.41, 5.74) is 4.04. The Bertz CT molecular complexity index is 1240. The number of halogens is 1. The third kappa shape index (κ3) is 3.56. The molecule has 0 aliphatic heterocycles. The van der Waals surface area contributed by atoms with Gasteiger partial charge in [0, 0.05) is 5.39 Å². The first-order valence-electron chi connectivity index (χ1n) is 12.4. The van der Waals surface area contributed by atoms with Crippen LogP contribution in [0.1, 0.15) is 68.9 Å². The lowest BCUT2D eigenvalue weighted by Gasteiger charge is -2.50. The maximum absolute atomic E-state index is 13.5. The Labute approximate surface area is 194 Å². The Kier molecular flexibility index (Phi) is 4.85. The molecule has 3 aliphatic carbocycles. The van der Waals surface area contributed by atoms with Crippen LogP contribution in [0.15, 0.2) is 42.6 Å². The molecule has 170 valence electrons. The molecule has 0 spiro atoms. The lowest BCUT2D eigenvalue weighted by molar-refractivity contribution is -0.0468. The highest BCUT2D eigenvalue weighted by Crippen LogP contribution is 2.58. The fraction of sp³-hybridized carbons (Fsp3) is 0.500. The molecular weight excluding hydrogens is 413 g/mol. The minimum atomic E-state index is -0.839. The van der Waals surface area contributed by atoms with Crippen LogP contribution in [0, 0.1) is 29.0 Å². The zero-order valence-electron chi connectivity index (χ0n) is 18.9. The summed E-state index contributed by atoms with van der Waals surface area (Å²) >= 11 is 0. The molecule has 2 saturated carbocycles. The second-order valence-electron chi connectivity index (χ2n) is 10.8. The van der Waals surface area contributed by atoms with Crippen LogP contribution in [-0.2, 0) is 11.8 Å². The minimum Gasteiger partial charge on any atom is -0.389 e. The van der Waals surface area contributed by atoms with E-state index in [1.54, 1.807) is 12.1 Å². The quantitative estimate of drug-likeness (QED) is 0.539. The Morgan fingerprint density at radius 2 is 1.97 bits per heavy atom. The van der Waals surface area contributed by atoms with E-state index in [1.807, 2.05) is 10.9 Å². The van der Waals surface area contributed by atoms with Crippen molar-refractivity contribution in [1.82, 2.24) is 9.78 Å². The molecule has 6 rings (SSSR count). The van der Waals surface area contributed by atoms with Gasteiger partial charge >= 0.3 is 0 Å². The van der Waals surface area contributed by atoms with E-state index in [-0.39, 0.29) is 17.7 Å². The number of aliphatic hydroxyl groups is 1. The van der Waals surface area contributed by atoms with Crippen molar-refractivity contribution in [2.45, 2.75) is 75.2 Å². The van der Waals surface area contributed by atoms with Crippen LogP contribution in [-0.4, -0.2) is 20.5 Å². The largest absolute Gasteiger partial charge is 0.389 e. The molecule has 3 aromatic rings. The molecular formula is C28H30FN3O. The number of fused-ring (bicyclic) bond motifs is 4. The first-order valence-corrected chi connectivity index (χ1v) is 12.4. The van der Waals surface area contributed by atoms with Gasteiger partial charge in [-0.2, -0.15) is 10.4 Å². The van der Waals surface area contributed by atoms with Crippen molar-refractivity contribution in [3.63, 3.8) is 0 Å². The van der Waals surface area contributed by atoms with Gasteiger partial charge < -0.3 is 5.11 Å². The van der Waals surface area contributed by atoms with Crippen molar-refractivity contribution < 1.29 is 9.50 Å². The predicted octanol–water partition coefficient (Wildman–Crippen LogP) is 5.98. The molecule has 0 bridgehead atoms. The van der Waals surface area contributed by atoms with E-state index in [4.69, 9.17) is 0 Å². The Hall–Kier alpha value is -2.71. The fourth-order valence-corrected chi connectivity index (χ4v) is 6.79. The zero-order valence-corrected chi connectivity index (χ0v) is 18.9. The number of nitrogens with zero attached hydrogens (tertiary/aromatic N) is 3. The van der Waals surface area contributed by atoms with E-state index < -0.39 is 5.60 Å². The van der Waals surface area contributed by atoms with Gasteiger partial charge in [-0.1, -0.05) is 12.8 Å². The monoisotopic (exact) mass is 443 g/mol. The summed E-state index contributed by atoms with van der Waals surface area (Å²) in [4.78, 5) is 0. The summed E-state index contributed by atoms with van der Waals surface area (Å²) in [7, 11) is 0. The third-order valence-corrected chi connectivity index (χ3v) is 8.60. The van der Waals surface area contributed by atoms with Crippen molar-refractivity contribution in [3.05, 3.63) is 59.5 Å². The average Bonchev–Trinajstić information content (AvgIpc) is 3.54. The van der Waals surface area contributed by atoms with Crippen LogP contribution in [0.2, 0.25) is 0 Å². The van der Waals surface area contributed by atoms with E-state index in [0.717, 1.165) is 54.6 Å². The van der Waals surface area contributed by atoms with E-state index >= 15 is 0 Å². The van der Waals surface area contributed by atoms with Gasteiger partial charge in [0.25, 0.3) is 0 Å². The SMILES string of the molecule is N#CC[C@]1(O)CC[C@]2(CC3CC3)c3cc4cnn(-c5ccc(F)cc5)c4cc3CCC[C@@H]2C1. The number of aromatic nitrogens is 2. The van der Waals surface area contributed by atoms with Gasteiger partial charge in [-0.15, -0.1) is 0 Å². The van der Waals surface area contributed by atoms with Gasteiger partial charge in [0.1, 0.15) is 5.82 Å². The molecule has 4 nitrogen and oxygen atoms in total. The van der Waals surface area contributed by atoms with Gasteiger partial charge in [-0.25, -0.2) is 9.07 Å². The maximum Gasteiger partial charge on any atom is 0.123 e. The standard InChI is InChI=1S/C28H30FN3O/c29-23-6-8-24(9-7-23)32-26-15-20-2-1-3-22-17-27(33,12-13-30)10-11-28(22,16-19-4-5-19)25(20)14-21(26)18-31-32/h6-9,14-15,18-19,22,33H,1-5,10-12,16-17H2/t22-,27-,28-/m1/s1. The zero-order chi connectivity index (χ0) is 22.6. The van der Waals surface area contributed by atoms with Gasteiger partial charge in [-0.3, -0.25) is 0 Å². The summed E-state index contributed by atoms with van der Waals surface area (Å²) in [6, 6.07) is 13.4. The molecule has 3 aliphatic rings. The van der Waals surface area contributed by atoms with Gasteiger partial charge in [0.2, 0.25) is 0 Å². The molecule has 5 heteroatoms. The lowest BCUT2D eigenvalue weighted by atomic mass is 9.55. The molecule has 0 amide bonds. The van der Waals surface area contributed by atoms with Crippen molar-refractivity contribution in [1.29, 1.82) is 5.26 Å². The molecule has 0 saturated heterocycles. The van der Waals surface area contributed by atoms with Crippen molar-refractivity contribution in [3.8, 4) is 11.8 Å². The van der Waals surface area contributed by atoms with Gasteiger partial charge in [0.15, 0.2) is 0 Å². The first-order chi connectivity index (χ1) is 16.0. The highest BCUT2D eigenvalue weighted by Gasteiger charge is 2.52. The van der Waals surface area contributed by atoms with Crippen molar-refractivity contribution >= 4 is 10.9 Å². The summed E-state index contributed by atoms with van der Waals surface area (Å²) in [6.45, 7) is 0. The molecule has 1 aromatic heterocycles. The molecule has 2 fully saturated rings. The topological polar surface area (TPSA) is 61.8 Å². The average molecular weight is 444 g/mol. The van der Waals surface area contributed by atoms with Gasteiger partial charge in [-0.05, 0) is 110 Å². The minimum absolute atomic E-state index is 0.0842. The van der Waals surface area contributed by atoms with Crippen LogP contribution < -0.4 is 0 Å². The number of hydrogen-bond donors (Lipinski definition) is 1. The fourth-order valence-electron chi connectivity index (χ4n) is 6.79. The maximum atomic E-state index is 13.5. The highest BCUT2D eigenvalue weighted by atomic mass is 19.1. The third-order valence-electron chi connectivity index (χ3n) is 8.60. The van der Waals surface area contributed by atoms with Crippen LogP contribution >= 0.6 is 0 Å². The van der Waals surface area contributed by atoms with Crippen LogP contribution in [0.5, 0.6) is 0 Å². The highest BCUT2D eigenvalue weighted by molar-refractivity contribution is 5.82. The molecule has 1 N–H and O–H groups in total. The van der Waals surface area contributed by atoms with Crippen LogP contribution in [0.25, 0.3) is 16.6 Å². The molecule has 1 heterocycles. The predicted molar refractivity (Wildman–Crippen MR) is 126 cm³/mol. The van der Waals surface area contributed by atoms with Gasteiger partial charge in [0.05, 0.1) is 35.5 Å². The number of rotatable bonds is 4. The summed E-state index contributed by atoms with van der Waals surface area (Å²) < 4.78 is 15.4. The second kappa shape index (κ2) is 7.67. The smallest absolute Gasteiger partial charge is 0.123 e. The molecule has 0 unspecified atom stereocenters. The number of aryl methyl sites for hydroxylation is 1. The molecule has 33 heavy (non-hydrogen) atoms. The molecule has 3 atom stereocenters. The normalized spacial score (nSPS) is 29.2. The Balaban J connectivity index is 1.47. The van der Waals surface area contributed by atoms with E-state index in [2.05, 4.69) is 23.3 Å². The Morgan fingerprint density at radius 3 is 2.73 bits per heavy atom. The summed E-state index contributed by atoms with van der Waals surface area (Å²) in [5.74, 6) is 0.958. The lowest BCUT2D eigenvalue weighted by Crippen LogP contribution is -2.48. The number of hydrogen-bond acceptors (Lipinski definition) is 3. The van der Waals surface area contributed by atoms with Crippen molar-refractivity contribution in [2.75, 3.05) is 0 Å². The summed E-state index contributed by atoms with van der Waals surface area (Å²) in [5, 5.41) is 26.2. The molecule has 2 aromatic carbocycles. The summed E-state index contributed by atoms with van der Waals surface area (Å²) in [6.07, 6.45) is 11.6. The second-order valence-corrected chi connectivity index (χ2v) is 10.8. The van der Waals surface area contributed by atoms with E-state index in [1.165, 1.54) is 42.5 Å². The van der Waals surface area contributed by atoms with Crippen molar-refractivity contribution in [2.24, 2.45) is 11.8 Å². The number of benzene rings is 2. The van der Waals surface area contributed by atoms with Crippen LogP contribution in [0.4, 0.5) is 4.39 Å². The Morgan fingerprint density at radius 1 is 1.15 bits per heavy atom. The van der Waals surface area contributed by atoms with Crippen LogP contribution in [0.3, 0.4) is 0 Å². The van der Waals surface area contributed by atoms with E-state index in [9.17, 15) is 14.8 Å². The molecule has 0 radical (unpaired) electrons.